The fourth-order valence-corrected chi connectivity index (χ4v) is 0.565. The first-order valence-electron chi connectivity index (χ1n) is 2.94. The molecule has 0 amide bonds. The molecule has 0 radical (unpaired) electrons. The Morgan fingerprint density at radius 3 is 2.44 bits per heavy atom. The lowest BCUT2D eigenvalue weighted by Gasteiger charge is -2.05. The Hall–Kier alpha value is -0.570. The lowest BCUT2D eigenvalue weighted by atomic mass is 10.1. The van der Waals surface area contributed by atoms with Crippen molar-refractivity contribution in [1.29, 1.82) is 0 Å². The largest absolute Gasteiger partial charge is 0.481 e. The summed E-state index contributed by atoms with van der Waals surface area (Å²) >= 11 is 0. The van der Waals surface area contributed by atoms with E-state index in [2.05, 4.69) is 4.74 Å². The van der Waals surface area contributed by atoms with Crippen molar-refractivity contribution in [1.82, 2.24) is 0 Å². The lowest BCUT2D eigenvalue weighted by Crippen LogP contribution is -2.17. The van der Waals surface area contributed by atoms with Crippen LogP contribution in [0.4, 0.5) is 0 Å². The normalized spacial score (nSPS) is 13.1. The van der Waals surface area contributed by atoms with Crippen LogP contribution in [0.1, 0.15) is 13.3 Å². The van der Waals surface area contributed by atoms with Crippen LogP contribution in [0.25, 0.3) is 0 Å². The second-order valence-electron chi connectivity index (χ2n) is 1.90. The Morgan fingerprint density at radius 1 is 1.78 bits per heavy atom. The number of aliphatic carboxylic acids is 1. The maximum atomic E-state index is 10.2. The van der Waals surface area contributed by atoms with Crippen molar-refractivity contribution in [2.45, 2.75) is 13.3 Å². The molecular formula is C6H12O3. The Bertz CT molecular complexity index is 90.3. The third-order valence-electron chi connectivity index (χ3n) is 1.21. The van der Waals surface area contributed by atoms with E-state index in [4.69, 9.17) is 5.11 Å². The van der Waals surface area contributed by atoms with Gasteiger partial charge in [-0.05, 0) is 6.42 Å². The predicted octanol–water partition coefficient (Wildman–Crippen LogP) is 0.744. The van der Waals surface area contributed by atoms with E-state index in [1.807, 2.05) is 6.92 Å². The molecule has 0 heterocycles. The van der Waals surface area contributed by atoms with Crippen molar-refractivity contribution in [2.24, 2.45) is 5.92 Å². The first kappa shape index (κ1) is 8.43. The molecule has 0 aliphatic carbocycles. The van der Waals surface area contributed by atoms with Crippen LogP contribution in [0.2, 0.25) is 0 Å². The van der Waals surface area contributed by atoms with Crippen molar-refractivity contribution in [3.8, 4) is 0 Å². The summed E-state index contributed by atoms with van der Waals surface area (Å²) in [5, 5.41) is 8.42. The molecule has 0 rings (SSSR count). The monoisotopic (exact) mass is 132 g/mol. The van der Waals surface area contributed by atoms with E-state index >= 15 is 0 Å². The number of ether oxygens (including phenoxy) is 1. The maximum absolute atomic E-state index is 10.2. The Balaban J connectivity index is 3.54. The zero-order chi connectivity index (χ0) is 7.28. The van der Waals surface area contributed by atoms with Crippen LogP contribution in [0.3, 0.4) is 0 Å². The highest BCUT2D eigenvalue weighted by Gasteiger charge is 2.13. The van der Waals surface area contributed by atoms with Crippen molar-refractivity contribution in [2.75, 3.05) is 13.7 Å². The second-order valence-corrected chi connectivity index (χ2v) is 1.90. The summed E-state index contributed by atoms with van der Waals surface area (Å²) in [7, 11) is 1.51. The minimum Gasteiger partial charge on any atom is -0.481 e. The lowest BCUT2D eigenvalue weighted by molar-refractivity contribution is -0.143. The average molecular weight is 132 g/mol. The molecule has 3 nitrogen and oxygen atoms in total. The summed E-state index contributed by atoms with van der Waals surface area (Å²) in [5.74, 6) is -1.12. The smallest absolute Gasteiger partial charge is 0.308 e. The SMILES string of the molecule is CC[C@@H](COC)C(=O)O. The van der Waals surface area contributed by atoms with Gasteiger partial charge in [-0.2, -0.15) is 0 Å². The molecule has 0 saturated carbocycles. The number of carboxylic acids is 1. The quantitative estimate of drug-likeness (QED) is 0.613. The number of methoxy groups -OCH3 is 1. The van der Waals surface area contributed by atoms with Crippen molar-refractivity contribution in [3.63, 3.8) is 0 Å². The molecule has 0 spiro atoms. The van der Waals surface area contributed by atoms with Crippen LogP contribution >= 0.6 is 0 Å². The van der Waals surface area contributed by atoms with Crippen LogP contribution in [0.15, 0.2) is 0 Å². The summed E-state index contributed by atoms with van der Waals surface area (Å²) in [6, 6.07) is 0. The summed E-state index contributed by atoms with van der Waals surface area (Å²) in [5.41, 5.74) is 0. The maximum Gasteiger partial charge on any atom is 0.308 e. The number of hydrogen-bond acceptors (Lipinski definition) is 2. The molecule has 0 saturated heterocycles. The third-order valence-corrected chi connectivity index (χ3v) is 1.21. The Kier molecular flexibility index (Phi) is 4.05. The van der Waals surface area contributed by atoms with E-state index in [1.54, 1.807) is 0 Å². The topological polar surface area (TPSA) is 46.5 Å². The van der Waals surface area contributed by atoms with E-state index < -0.39 is 5.97 Å². The first-order valence-corrected chi connectivity index (χ1v) is 2.94. The van der Waals surface area contributed by atoms with Gasteiger partial charge in [0.1, 0.15) is 0 Å². The molecule has 0 aromatic heterocycles. The molecular weight excluding hydrogens is 120 g/mol. The van der Waals surface area contributed by atoms with Crippen LogP contribution in [0.5, 0.6) is 0 Å². The van der Waals surface area contributed by atoms with E-state index in [1.165, 1.54) is 7.11 Å². The molecule has 0 unspecified atom stereocenters. The summed E-state index contributed by atoms with van der Waals surface area (Å²) in [6.07, 6.45) is 0.628. The fraction of sp³-hybridized carbons (Fsp3) is 0.833. The van der Waals surface area contributed by atoms with E-state index in [0.29, 0.717) is 13.0 Å². The summed E-state index contributed by atoms with van der Waals surface area (Å²) < 4.78 is 4.68. The summed E-state index contributed by atoms with van der Waals surface area (Å²) in [4.78, 5) is 10.2. The number of carboxylic acid groups (broad SMARTS) is 1. The van der Waals surface area contributed by atoms with E-state index in [0.717, 1.165) is 0 Å². The fourth-order valence-electron chi connectivity index (χ4n) is 0.565. The molecule has 0 aliphatic rings. The first-order chi connectivity index (χ1) is 4.22. The minimum atomic E-state index is -0.778. The van der Waals surface area contributed by atoms with Gasteiger partial charge in [0, 0.05) is 7.11 Å². The van der Waals surface area contributed by atoms with Gasteiger partial charge < -0.3 is 9.84 Å². The molecule has 0 fully saturated rings. The number of carbonyl (C=O) groups is 1. The second kappa shape index (κ2) is 4.32. The predicted molar refractivity (Wildman–Crippen MR) is 33.3 cm³/mol. The highest BCUT2D eigenvalue weighted by molar-refractivity contribution is 5.69. The van der Waals surface area contributed by atoms with Crippen LogP contribution in [0, 0.1) is 5.92 Å². The van der Waals surface area contributed by atoms with E-state index in [9.17, 15) is 4.79 Å². The van der Waals surface area contributed by atoms with Crippen molar-refractivity contribution >= 4 is 5.97 Å². The highest BCUT2D eigenvalue weighted by atomic mass is 16.5. The molecule has 0 aliphatic heterocycles. The average Bonchev–Trinajstić information content (AvgIpc) is 1.82. The van der Waals surface area contributed by atoms with Gasteiger partial charge in [-0.1, -0.05) is 6.92 Å². The molecule has 3 heteroatoms. The van der Waals surface area contributed by atoms with Gasteiger partial charge in [-0.15, -0.1) is 0 Å². The van der Waals surface area contributed by atoms with Crippen molar-refractivity contribution < 1.29 is 14.6 Å². The molecule has 0 aromatic carbocycles. The van der Waals surface area contributed by atoms with Gasteiger partial charge >= 0.3 is 5.97 Å². The van der Waals surface area contributed by atoms with Crippen LogP contribution in [-0.2, 0) is 9.53 Å². The Morgan fingerprint density at radius 2 is 2.33 bits per heavy atom. The third kappa shape index (κ3) is 3.08. The molecule has 1 atom stereocenters. The summed E-state index contributed by atoms with van der Waals surface area (Å²) in [6.45, 7) is 2.14. The van der Waals surface area contributed by atoms with Gasteiger partial charge in [0.05, 0.1) is 12.5 Å². The molecule has 1 N–H and O–H groups in total. The van der Waals surface area contributed by atoms with Gasteiger partial charge in [-0.25, -0.2) is 0 Å². The molecule has 9 heavy (non-hydrogen) atoms. The number of hydrogen-bond donors (Lipinski definition) is 1. The van der Waals surface area contributed by atoms with E-state index in [-0.39, 0.29) is 5.92 Å². The highest BCUT2D eigenvalue weighted by Crippen LogP contribution is 2.01. The van der Waals surface area contributed by atoms with Gasteiger partial charge in [0.2, 0.25) is 0 Å². The zero-order valence-electron chi connectivity index (χ0n) is 5.76. The molecule has 0 aromatic rings. The Labute approximate surface area is 54.6 Å². The van der Waals surface area contributed by atoms with Gasteiger partial charge in [0.25, 0.3) is 0 Å². The van der Waals surface area contributed by atoms with Crippen molar-refractivity contribution in [3.05, 3.63) is 0 Å². The van der Waals surface area contributed by atoms with Crippen LogP contribution in [-0.4, -0.2) is 24.8 Å². The molecule has 54 valence electrons. The van der Waals surface area contributed by atoms with Gasteiger partial charge in [0.15, 0.2) is 0 Å². The minimum absolute atomic E-state index is 0.311. The van der Waals surface area contributed by atoms with Gasteiger partial charge in [-0.3, -0.25) is 4.79 Å². The number of rotatable bonds is 4. The zero-order valence-corrected chi connectivity index (χ0v) is 5.76. The van der Waals surface area contributed by atoms with Crippen LogP contribution < -0.4 is 0 Å². The molecule has 0 bridgehead atoms. The standard InChI is InChI=1S/C6H12O3/c1-3-5(4-9-2)6(7)8/h5H,3-4H2,1-2H3,(H,7,8)/t5-/m0/s1.